The van der Waals surface area contributed by atoms with Crippen molar-refractivity contribution in [3.8, 4) is 21.9 Å². The first-order valence-corrected chi connectivity index (χ1v) is 6.96. The van der Waals surface area contributed by atoms with Gasteiger partial charge >= 0.3 is 5.63 Å². The molecule has 0 aliphatic rings. The number of rotatable bonds is 1. The van der Waals surface area contributed by atoms with E-state index in [9.17, 15) is 15.0 Å². The lowest BCUT2D eigenvalue weighted by Crippen LogP contribution is -2.01. The van der Waals surface area contributed by atoms with Crippen LogP contribution in [0, 0.1) is 0 Å². The highest BCUT2D eigenvalue weighted by Gasteiger charge is 2.12. The van der Waals surface area contributed by atoms with E-state index in [1.54, 1.807) is 6.07 Å². The summed E-state index contributed by atoms with van der Waals surface area (Å²) < 4.78 is 6.05. The first-order valence-electron chi connectivity index (χ1n) is 5.29. The number of hydrogen-bond donors (Lipinski definition) is 2. The summed E-state index contributed by atoms with van der Waals surface area (Å²) >= 11 is 4.74. The summed E-state index contributed by atoms with van der Waals surface area (Å²) in [5.74, 6) is -0.568. The molecule has 0 aliphatic heterocycles. The van der Waals surface area contributed by atoms with Crippen LogP contribution in [0.25, 0.3) is 21.4 Å². The van der Waals surface area contributed by atoms with E-state index >= 15 is 0 Å². The maximum Gasteiger partial charge on any atom is 0.345 e. The Morgan fingerprint density at radius 3 is 2.53 bits per heavy atom. The van der Waals surface area contributed by atoms with Crippen molar-refractivity contribution in [3.63, 3.8) is 0 Å². The predicted molar refractivity (Wildman–Crippen MR) is 76.8 cm³/mol. The molecule has 0 saturated heterocycles. The molecule has 0 atom stereocenters. The number of phenols is 2. The molecule has 0 unspecified atom stereocenters. The third-order valence-electron chi connectivity index (χ3n) is 2.66. The van der Waals surface area contributed by atoms with Crippen molar-refractivity contribution in [2.45, 2.75) is 0 Å². The fourth-order valence-electron chi connectivity index (χ4n) is 1.77. The van der Waals surface area contributed by atoms with Crippen molar-refractivity contribution in [1.29, 1.82) is 0 Å². The summed E-state index contributed by atoms with van der Waals surface area (Å²) in [5.41, 5.74) is 0.180. The van der Waals surface area contributed by atoms with Crippen LogP contribution in [-0.4, -0.2) is 10.2 Å². The smallest absolute Gasteiger partial charge is 0.345 e. The van der Waals surface area contributed by atoms with E-state index in [2.05, 4.69) is 15.9 Å². The molecule has 2 N–H and O–H groups in total. The Hall–Kier alpha value is -1.79. The van der Waals surface area contributed by atoms with Gasteiger partial charge in [-0.25, -0.2) is 4.79 Å². The average molecular weight is 339 g/mol. The Bertz CT molecular complexity index is 834. The largest absolute Gasteiger partial charge is 0.504 e. The molecular weight excluding hydrogens is 332 g/mol. The molecule has 0 aliphatic carbocycles. The lowest BCUT2D eigenvalue weighted by Gasteiger charge is -2.02. The third-order valence-corrected chi connectivity index (χ3v) is 4.39. The summed E-state index contributed by atoms with van der Waals surface area (Å²) in [6.07, 6.45) is 0. The zero-order chi connectivity index (χ0) is 13.6. The first-order chi connectivity index (χ1) is 9.04. The molecule has 19 heavy (non-hydrogen) atoms. The van der Waals surface area contributed by atoms with Gasteiger partial charge in [0.1, 0.15) is 5.58 Å². The molecule has 0 saturated carbocycles. The normalized spacial score (nSPS) is 11.0. The van der Waals surface area contributed by atoms with Gasteiger partial charge in [-0.05, 0) is 34.1 Å². The fourth-order valence-corrected chi connectivity index (χ4v) is 3.20. The van der Waals surface area contributed by atoms with Gasteiger partial charge in [0.2, 0.25) is 0 Å². The molecule has 1 aromatic carbocycles. The van der Waals surface area contributed by atoms with Gasteiger partial charge in [-0.15, -0.1) is 11.3 Å². The van der Waals surface area contributed by atoms with Crippen LogP contribution in [-0.2, 0) is 0 Å². The monoisotopic (exact) mass is 338 g/mol. The second-order valence-electron chi connectivity index (χ2n) is 3.96. The molecule has 4 nitrogen and oxygen atoms in total. The molecule has 3 aromatic rings. The van der Waals surface area contributed by atoms with Crippen LogP contribution in [0.2, 0.25) is 0 Å². The van der Waals surface area contributed by atoms with Gasteiger partial charge in [-0.1, -0.05) is 0 Å². The van der Waals surface area contributed by atoms with Gasteiger partial charge in [-0.2, -0.15) is 0 Å². The van der Waals surface area contributed by atoms with Crippen molar-refractivity contribution in [2.75, 3.05) is 0 Å². The minimum absolute atomic E-state index is 0.236. The van der Waals surface area contributed by atoms with Crippen molar-refractivity contribution in [3.05, 3.63) is 44.5 Å². The molecule has 3 rings (SSSR count). The van der Waals surface area contributed by atoms with Crippen LogP contribution < -0.4 is 5.63 Å². The van der Waals surface area contributed by atoms with Crippen LogP contribution in [0.1, 0.15) is 0 Å². The topological polar surface area (TPSA) is 70.7 Å². The molecule has 2 aromatic heterocycles. The number of fused-ring (bicyclic) bond motifs is 1. The standard InChI is InChI=1S/C13H7BrO4S/c14-7-3-12(19-5-7)8-1-6-2-9(15)10(16)4-11(6)18-13(8)17/h1-5,15-16H. The molecule has 6 heteroatoms. The van der Waals surface area contributed by atoms with E-state index < -0.39 is 5.63 Å². The molecule has 0 amide bonds. The molecule has 96 valence electrons. The molecule has 0 bridgehead atoms. The van der Waals surface area contributed by atoms with Gasteiger partial charge < -0.3 is 14.6 Å². The van der Waals surface area contributed by atoms with Crippen LogP contribution in [0.4, 0.5) is 0 Å². The van der Waals surface area contributed by atoms with Crippen molar-refractivity contribution in [2.24, 2.45) is 0 Å². The molecule has 0 fully saturated rings. The van der Waals surface area contributed by atoms with Crippen molar-refractivity contribution < 1.29 is 14.6 Å². The maximum atomic E-state index is 11.9. The quantitative estimate of drug-likeness (QED) is 0.524. The zero-order valence-corrected chi connectivity index (χ0v) is 11.8. The lowest BCUT2D eigenvalue weighted by molar-refractivity contribution is 0.403. The van der Waals surface area contributed by atoms with Crippen LogP contribution >= 0.6 is 27.3 Å². The Kier molecular flexibility index (Phi) is 2.83. The number of aromatic hydroxyl groups is 2. The molecule has 2 heterocycles. The number of hydrogen-bond acceptors (Lipinski definition) is 5. The Labute approximate surface area is 119 Å². The fraction of sp³-hybridized carbons (Fsp3) is 0. The zero-order valence-electron chi connectivity index (χ0n) is 9.38. The Balaban J connectivity index is 2.30. The second kappa shape index (κ2) is 4.40. The number of phenolic OH excluding ortho intramolecular Hbond substituents is 2. The van der Waals surface area contributed by atoms with E-state index in [1.807, 2.05) is 11.4 Å². The third kappa shape index (κ3) is 2.13. The van der Waals surface area contributed by atoms with E-state index in [-0.39, 0.29) is 17.1 Å². The van der Waals surface area contributed by atoms with E-state index in [0.29, 0.717) is 10.9 Å². The van der Waals surface area contributed by atoms with Crippen molar-refractivity contribution in [1.82, 2.24) is 0 Å². The van der Waals surface area contributed by atoms with Gasteiger partial charge in [0.25, 0.3) is 0 Å². The van der Waals surface area contributed by atoms with Crippen LogP contribution in [0.15, 0.2) is 43.3 Å². The van der Waals surface area contributed by atoms with Crippen molar-refractivity contribution >= 4 is 38.2 Å². The predicted octanol–water partition coefficient (Wildman–Crippen LogP) is 3.70. The van der Waals surface area contributed by atoms with Gasteiger partial charge in [0, 0.05) is 26.2 Å². The van der Waals surface area contributed by atoms with E-state index in [1.165, 1.54) is 23.5 Å². The number of benzene rings is 1. The Morgan fingerprint density at radius 2 is 1.84 bits per heavy atom. The molecule has 0 radical (unpaired) electrons. The molecular formula is C13H7BrO4S. The van der Waals surface area contributed by atoms with Crippen LogP contribution in [0.3, 0.4) is 0 Å². The maximum absolute atomic E-state index is 11.9. The van der Waals surface area contributed by atoms with Crippen LogP contribution in [0.5, 0.6) is 11.5 Å². The second-order valence-corrected chi connectivity index (χ2v) is 5.78. The highest BCUT2D eigenvalue weighted by molar-refractivity contribution is 9.10. The van der Waals surface area contributed by atoms with E-state index in [4.69, 9.17) is 4.42 Å². The number of thiophene rings is 1. The average Bonchev–Trinajstić information content (AvgIpc) is 2.77. The summed E-state index contributed by atoms with van der Waals surface area (Å²) in [6.45, 7) is 0. The minimum Gasteiger partial charge on any atom is -0.504 e. The molecule has 0 spiro atoms. The highest BCUT2D eigenvalue weighted by atomic mass is 79.9. The van der Waals surface area contributed by atoms with Gasteiger partial charge in [0.05, 0.1) is 5.56 Å². The summed E-state index contributed by atoms with van der Waals surface area (Å²) in [6, 6.07) is 6.04. The SMILES string of the molecule is O=c1oc2cc(O)c(O)cc2cc1-c1cc(Br)cs1. The summed E-state index contributed by atoms with van der Waals surface area (Å²) in [7, 11) is 0. The first kappa shape index (κ1) is 12.3. The van der Waals surface area contributed by atoms with Gasteiger partial charge in [0.15, 0.2) is 11.5 Å². The lowest BCUT2D eigenvalue weighted by atomic mass is 10.1. The summed E-state index contributed by atoms with van der Waals surface area (Å²) in [5, 5.41) is 21.3. The van der Waals surface area contributed by atoms with Gasteiger partial charge in [-0.3, -0.25) is 0 Å². The minimum atomic E-state index is -0.480. The van der Waals surface area contributed by atoms with E-state index in [0.717, 1.165) is 9.35 Å². The Morgan fingerprint density at radius 1 is 1.11 bits per heavy atom. The number of halogens is 1. The highest BCUT2D eigenvalue weighted by Crippen LogP contribution is 2.33. The summed E-state index contributed by atoms with van der Waals surface area (Å²) in [4.78, 5) is 12.7.